The van der Waals surface area contributed by atoms with E-state index in [1.807, 2.05) is 0 Å². The maximum absolute atomic E-state index is 11.5. The van der Waals surface area contributed by atoms with Gasteiger partial charge in [-0.25, -0.2) is 9.59 Å². The minimum absolute atomic E-state index is 0.321. The standard InChI is InChI=1S/C15H16N2O5/c1-3-16-15(20)17-13(18)8-21-10-4-5-11-9(2)6-14(19)22-12(11)7-10/h4-7H,3,8H2,1-2H3,(H2,16,17,18,20). The van der Waals surface area contributed by atoms with Crippen LogP contribution in [-0.2, 0) is 4.79 Å². The molecule has 0 saturated carbocycles. The van der Waals surface area contributed by atoms with Gasteiger partial charge in [0.25, 0.3) is 5.91 Å². The first kappa shape index (κ1) is 15.6. The predicted octanol–water partition coefficient (Wildman–Crippen LogP) is 1.33. The summed E-state index contributed by atoms with van der Waals surface area (Å²) in [5, 5.41) is 5.34. The second kappa shape index (κ2) is 6.75. The summed E-state index contributed by atoms with van der Waals surface area (Å²) < 4.78 is 10.4. The molecule has 7 heteroatoms. The molecule has 1 aromatic carbocycles. The van der Waals surface area contributed by atoms with E-state index in [4.69, 9.17) is 9.15 Å². The highest BCUT2D eigenvalue weighted by Crippen LogP contribution is 2.22. The van der Waals surface area contributed by atoms with E-state index in [1.54, 1.807) is 26.0 Å². The molecule has 0 aliphatic carbocycles. The Hall–Kier alpha value is -2.83. The van der Waals surface area contributed by atoms with E-state index in [1.165, 1.54) is 12.1 Å². The van der Waals surface area contributed by atoms with Crippen molar-refractivity contribution in [1.82, 2.24) is 10.6 Å². The summed E-state index contributed by atoms with van der Waals surface area (Å²) in [5.74, 6) is -0.205. The highest BCUT2D eigenvalue weighted by molar-refractivity contribution is 5.95. The van der Waals surface area contributed by atoms with Crippen LogP contribution in [0.1, 0.15) is 12.5 Å². The van der Waals surface area contributed by atoms with E-state index in [9.17, 15) is 14.4 Å². The second-order valence-electron chi connectivity index (χ2n) is 4.60. The number of carbonyl (C=O) groups excluding carboxylic acids is 2. The van der Waals surface area contributed by atoms with Crippen LogP contribution in [0.5, 0.6) is 5.75 Å². The molecule has 0 spiro atoms. The number of fused-ring (bicyclic) bond motifs is 1. The fourth-order valence-corrected chi connectivity index (χ4v) is 1.91. The number of hydrogen-bond donors (Lipinski definition) is 2. The van der Waals surface area contributed by atoms with Crippen LogP contribution in [0, 0.1) is 6.92 Å². The van der Waals surface area contributed by atoms with Gasteiger partial charge in [-0.3, -0.25) is 10.1 Å². The number of imide groups is 1. The number of rotatable bonds is 4. The molecular weight excluding hydrogens is 288 g/mol. The molecule has 0 aliphatic heterocycles. The van der Waals surface area contributed by atoms with E-state index >= 15 is 0 Å². The van der Waals surface area contributed by atoms with Crippen molar-refractivity contribution >= 4 is 22.9 Å². The Morgan fingerprint density at radius 3 is 2.77 bits per heavy atom. The molecule has 3 amide bonds. The SMILES string of the molecule is CCNC(=O)NC(=O)COc1ccc2c(C)cc(=O)oc2c1. The van der Waals surface area contributed by atoms with Crippen LogP contribution in [0.2, 0.25) is 0 Å². The van der Waals surface area contributed by atoms with Crippen molar-refractivity contribution in [3.8, 4) is 5.75 Å². The zero-order chi connectivity index (χ0) is 16.1. The van der Waals surface area contributed by atoms with Gasteiger partial charge in [-0.2, -0.15) is 0 Å². The minimum atomic E-state index is -0.573. The molecular formula is C15H16N2O5. The molecule has 0 unspecified atom stereocenters. The molecule has 22 heavy (non-hydrogen) atoms. The quantitative estimate of drug-likeness (QED) is 0.830. The Labute approximate surface area is 126 Å². The summed E-state index contributed by atoms with van der Waals surface area (Å²) >= 11 is 0. The van der Waals surface area contributed by atoms with Crippen LogP contribution < -0.4 is 21.0 Å². The summed E-state index contributed by atoms with van der Waals surface area (Å²) in [6, 6.07) is 5.77. The number of carbonyl (C=O) groups is 2. The van der Waals surface area contributed by atoms with Gasteiger partial charge >= 0.3 is 11.7 Å². The maximum atomic E-state index is 11.5. The fraction of sp³-hybridized carbons (Fsp3) is 0.267. The molecule has 0 bridgehead atoms. The molecule has 2 N–H and O–H groups in total. The van der Waals surface area contributed by atoms with Crippen molar-refractivity contribution in [2.75, 3.05) is 13.2 Å². The molecule has 0 atom stereocenters. The van der Waals surface area contributed by atoms with Crippen LogP contribution in [0.3, 0.4) is 0 Å². The Balaban J connectivity index is 2.05. The molecule has 116 valence electrons. The third kappa shape index (κ3) is 3.85. The van der Waals surface area contributed by atoms with Crippen molar-refractivity contribution < 1.29 is 18.7 Å². The van der Waals surface area contributed by atoms with Crippen molar-refractivity contribution in [3.63, 3.8) is 0 Å². The van der Waals surface area contributed by atoms with E-state index in [0.29, 0.717) is 17.9 Å². The Morgan fingerprint density at radius 1 is 1.27 bits per heavy atom. The lowest BCUT2D eigenvalue weighted by Gasteiger charge is -2.08. The van der Waals surface area contributed by atoms with Crippen molar-refractivity contribution in [3.05, 3.63) is 40.2 Å². The number of amides is 3. The van der Waals surface area contributed by atoms with Crippen LogP contribution in [0.15, 0.2) is 33.5 Å². The lowest BCUT2D eigenvalue weighted by atomic mass is 10.1. The van der Waals surface area contributed by atoms with E-state index < -0.39 is 17.6 Å². The third-order valence-electron chi connectivity index (χ3n) is 2.88. The van der Waals surface area contributed by atoms with Crippen molar-refractivity contribution in [1.29, 1.82) is 0 Å². The van der Waals surface area contributed by atoms with Gasteiger partial charge in [0.15, 0.2) is 6.61 Å². The molecule has 0 fully saturated rings. The van der Waals surface area contributed by atoms with Crippen LogP contribution >= 0.6 is 0 Å². The molecule has 2 aromatic rings. The van der Waals surface area contributed by atoms with Gasteiger partial charge in [0.05, 0.1) is 0 Å². The average Bonchev–Trinajstić information content (AvgIpc) is 2.44. The summed E-state index contributed by atoms with van der Waals surface area (Å²) in [4.78, 5) is 34.0. The molecule has 0 aliphatic rings. The van der Waals surface area contributed by atoms with Crippen molar-refractivity contribution in [2.45, 2.75) is 13.8 Å². The lowest BCUT2D eigenvalue weighted by molar-refractivity contribution is -0.122. The smallest absolute Gasteiger partial charge is 0.336 e. The summed E-state index contributed by atoms with van der Waals surface area (Å²) in [6.07, 6.45) is 0. The normalized spacial score (nSPS) is 10.3. The van der Waals surface area contributed by atoms with Gasteiger partial charge in [0.1, 0.15) is 11.3 Å². The Bertz CT molecular complexity index is 766. The highest BCUT2D eigenvalue weighted by atomic mass is 16.5. The Kier molecular flexibility index (Phi) is 4.77. The number of urea groups is 1. The first-order valence-corrected chi connectivity index (χ1v) is 6.74. The Morgan fingerprint density at radius 2 is 2.05 bits per heavy atom. The van der Waals surface area contributed by atoms with Gasteiger partial charge in [-0.15, -0.1) is 0 Å². The predicted molar refractivity (Wildman–Crippen MR) is 79.9 cm³/mol. The number of ether oxygens (including phenoxy) is 1. The van der Waals surface area contributed by atoms with Gasteiger partial charge in [0.2, 0.25) is 0 Å². The van der Waals surface area contributed by atoms with Crippen LogP contribution in [-0.4, -0.2) is 25.1 Å². The molecule has 1 aromatic heterocycles. The lowest BCUT2D eigenvalue weighted by Crippen LogP contribution is -2.41. The maximum Gasteiger partial charge on any atom is 0.336 e. The summed E-state index contributed by atoms with van der Waals surface area (Å²) in [6.45, 7) is 3.65. The molecule has 0 saturated heterocycles. The minimum Gasteiger partial charge on any atom is -0.484 e. The van der Waals surface area contributed by atoms with Gasteiger partial charge in [-0.1, -0.05) is 0 Å². The fourth-order valence-electron chi connectivity index (χ4n) is 1.91. The summed E-state index contributed by atoms with van der Waals surface area (Å²) in [5.41, 5.74) is 0.731. The van der Waals surface area contributed by atoms with E-state index in [-0.39, 0.29) is 6.61 Å². The van der Waals surface area contributed by atoms with E-state index in [2.05, 4.69) is 10.6 Å². The number of aryl methyl sites for hydroxylation is 1. The van der Waals surface area contributed by atoms with Crippen molar-refractivity contribution in [2.24, 2.45) is 0 Å². The van der Waals surface area contributed by atoms with Gasteiger partial charge in [0, 0.05) is 24.1 Å². The largest absolute Gasteiger partial charge is 0.484 e. The van der Waals surface area contributed by atoms with Gasteiger partial charge < -0.3 is 14.5 Å². The average molecular weight is 304 g/mol. The topological polar surface area (TPSA) is 97.6 Å². The molecule has 2 rings (SSSR count). The molecule has 0 radical (unpaired) electrons. The molecule has 1 heterocycles. The first-order valence-electron chi connectivity index (χ1n) is 6.74. The zero-order valence-electron chi connectivity index (χ0n) is 12.3. The summed E-state index contributed by atoms with van der Waals surface area (Å²) in [7, 11) is 0. The number of hydrogen-bond acceptors (Lipinski definition) is 5. The van der Waals surface area contributed by atoms with Crippen LogP contribution in [0.4, 0.5) is 4.79 Å². The van der Waals surface area contributed by atoms with Crippen LogP contribution in [0.25, 0.3) is 11.0 Å². The monoisotopic (exact) mass is 304 g/mol. The second-order valence-corrected chi connectivity index (χ2v) is 4.60. The van der Waals surface area contributed by atoms with Gasteiger partial charge in [-0.05, 0) is 31.5 Å². The first-order chi connectivity index (χ1) is 10.5. The third-order valence-corrected chi connectivity index (χ3v) is 2.88. The molecule has 7 nitrogen and oxygen atoms in total. The number of benzene rings is 1. The highest BCUT2D eigenvalue weighted by Gasteiger charge is 2.09. The van der Waals surface area contributed by atoms with E-state index in [0.717, 1.165) is 10.9 Å². The zero-order valence-corrected chi connectivity index (χ0v) is 12.3. The number of nitrogens with one attached hydrogen (secondary N) is 2.